The fourth-order valence-electron chi connectivity index (χ4n) is 3.44. The summed E-state index contributed by atoms with van der Waals surface area (Å²) in [6.45, 7) is 0.544. The lowest BCUT2D eigenvalue weighted by atomic mass is 10.1. The Morgan fingerprint density at radius 3 is 2.42 bits per heavy atom. The summed E-state index contributed by atoms with van der Waals surface area (Å²) in [7, 11) is 2.49. The van der Waals surface area contributed by atoms with Crippen molar-refractivity contribution in [2.45, 2.75) is 12.8 Å². The topological polar surface area (TPSA) is 160 Å². The van der Waals surface area contributed by atoms with Crippen LogP contribution in [0.4, 0.5) is 17.2 Å². The monoisotopic (exact) mass is 431 g/mol. The Labute approximate surface area is 175 Å². The highest BCUT2D eigenvalue weighted by atomic mass is 16.6. The minimum Gasteiger partial charge on any atom is -0.454 e. The zero-order valence-electron chi connectivity index (χ0n) is 17.0. The zero-order chi connectivity index (χ0) is 22.9. The van der Waals surface area contributed by atoms with Gasteiger partial charge in [-0.3, -0.25) is 28.8 Å². The predicted octanol–water partition coefficient (Wildman–Crippen LogP) is 0.214. The van der Waals surface area contributed by atoms with Gasteiger partial charge in [0.05, 0.1) is 16.2 Å². The first kappa shape index (κ1) is 21.7. The average Bonchev–Trinajstić information content (AvgIpc) is 3.29. The Morgan fingerprint density at radius 2 is 1.81 bits per heavy atom. The Morgan fingerprint density at radius 1 is 1.16 bits per heavy atom. The Kier molecular flexibility index (Phi) is 5.90. The fourth-order valence-corrected chi connectivity index (χ4v) is 3.44. The van der Waals surface area contributed by atoms with E-state index in [1.54, 1.807) is 0 Å². The van der Waals surface area contributed by atoms with Gasteiger partial charge in [0.15, 0.2) is 6.61 Å². The molecule has 1 saturated heterocycles. The molecule has 1 aromatic heterocycles. The lowest BCUT2D eigenvalue weighted by Crippen LogP contribution is -2.42. The van der Waals surface area contributed by atoms with E-state index in [-0.39, 0.29) is 17.1 Å². The number of nitro groups is 1. The number of non-ortho nitro benzene ring substituents is 1. The standard InChI is InChI=1S/C19H21N5O7/c1-21-16(20)15(17(26)22(2)19(21)28)14(25)10-31-18(27)12-9-11(24(29)30)5-6-13(12)23-7-3-4-8-23/h5-6,9H,3-4,7-8,10,20H2,1-2H3. The van der Waals surface area contributed by atoms with Gasteiger partial charge in [-0.25, -0.2) is 9.59 Å². The molecule has 31 heavy (non-hydrogen) atoms. The number of carbonyl (C=O) groups excluding carboxylic acids is 2. The maximum atomic E-state index is 12.7. The van der Waals surface area contributed by atoms with E-state index in [4.69, 9.17) is 10.5 Å². The van der Waals surface area contributed by atoms with Crippen LogP contribution in [0.15, 0.2) is 27.8 Å². The van der Waals surface area contributed by atoms with Gasteiger partial charge in [0.25, 0.3) is 11.2 Å². The minimum atomic E-state index is -0.945. The molecule has 164 valence electrons. The van der Waals surface area contributed by atoms with Crippen LogP contribution in [0, 0.1) is 10.1 Å². The summed E-state index contributed by atoms with van der Waals surface area (Å²) in [6.07, 6.45) is 1.83. The smallest absolute Gasteiger partial charge is 0.340 e. The number of hydrogen-bond acceptors (Lipinski definition) is 9. The molecule has 1 aliphatic heterocycles. The predicted molar refractivity (Wildman–Crippen MR) is 110 cm³/mol. The first-order valence-corrected chi connectivity index (χ1v) is 9.42. The molecule has 0 saturated carbocycles. The molecule has 1 aliphatic rings. The summed E-state index contributed by atoms with van der Waals surface area (Å²) >= 11 is 0. The van der Waals surface area contributed by atoms with E-state index < -0.39 is 40.1 Å². The number of nitrogen functional groups attached to an aromatic ring is 1. The summed E-state index contributed by atoms with van der Waals surface area (Å²) in [6, 6.07) is 3.87. The number of ketones is 1. The molecule has 0 atom stereocenters. The molecule has 2 N–H and O–H groups in total. The van der Waals surface area contributed by atoms with Crippen molar-refractivity contribution in [3.8, 4) is 0 Å². The number of esters is 1. The number of nitrogens with two attached hydrogens (primary N) is 1. The van der Waals surface area contributed by atoms with Crippen molar-refractivity contribution in [2.24, 2.45) is 14.1 Å². The third-order valence-corrected chi connectivity index (χ3v) is 5.18. The van der Waals surface area contributed by atoms with Gasteiger partial charge in [-0.05, 0) is 18.9 Å². The van der Waals surface area contributed by atoms with Crippen LogP contribution >= 0.6 is 0 Å². The van der Waals surface area contributed by atoms with Crippen molar-refractivity contribution in [2.75, 3.05) is 30.3 Å². The van der Waals surface area contributed by atoms with Gasteiger partial charge < -0.3 is 15.4 Å². The first-order valence-electron chi connectivity index (χ1n) is 9.42. The van der Waals surface area contributed by atoms with Crippen molar-refractivity contribution in [1.29, 1.82) is 0 Å². The van der Waals surface area contributed by atoms with Gasteiger partial charge in [0.2, 0.25) is 5.78 Å². The normalized spacial score (nSPS) is 13.3. The Hall–Kier alpha value is -3.96. The van der Waals surface area contributed by atoms with E-state index >= 15 is 0 Å². The molecule has 3 rings (SSSR count). The van der Waals surface area contributed by atoms with Crippen LogP contribution in [0.25, 0.3) is 0 Å². The molecule has 2 aromatic rings. The number of benzene rings is 1. The number of nitrogens with zero attached hydrogens (tertiary/aromatic N) is 4. The molecule has 0 aliphatic carbocycles. The summed E-state index contributed by atoms with van der Waals surface area (Å²) < 4.78 is 6.72. The third-order valence-electron chi connectivity index (χ3n) is 5.18. The van der Waals surface area contributed by atoms with Crippen LogP contribution in [0.5, 0.6) is 0 Å². The largest absolute Gasteiger partial charge is 0.454 e. The second-order valence-corrected chi connectivity index (χ2v) is 7.12. The number of hydrogen-bond donors (Lipinski definition) is 1. The van der Waals surface area contributed by atoms with E-state index in [2.05, 4.69) is 0 Å². The number of nitro benzene ring substituents is 1. The van der Waals surface area contributed by atoms with Gasteiger partial charge >= 0.3 is 11.7 Å². The molecule has 0 spiro atoms. The SMILES string of the molecule is Cn1c(N)c(C(=O)COC(=O)c2cc([N+](=O)[O-])ccc2N2CCCC2)c(=O)n(C)c1=O. The number of Topliss-reactive ketones (excluding diaryl/α,β-unsaturated/α-hetero) is 1. The van der Waals surface area contributed by atoms with E-state index in [9.17, 15) is 29.3 Å². The van der Waals surface area contributed by atoms with Crippen LogP contribution in [-0.2, 0) is 18.8 Å². The summed E-state index contributed by atoms with van der Waals surface area (Å²) in [5.41, 5.74) is 3.77. The highest BCUT2D eigenvalue weighted by molar-refractivity contribution is 6.03. The third kappa shape index (κ3) is 4.04. The summed E-state index contributed by atoms with van der Waals surface area (Å²) in [4.78, 5) is 61.8. The number of aromatic nitrogens is 2. The lowest BCUT2D eigenvalue weighted by molar-refractivity contribution is -0.384. The molecule has 12 nitrogen and oxygen atoms in total. The number of anilines is 2. The molecule has 0 unspecified atom stereocenters. The number of carbonyl (C=O) groups is 2. The molecule has 0 amide bonds. The van der Waals surface area contributed by atoms with E-state index in [0.29, 0.717) is 18.8 Å². The number of rotatable bonds is 6. The van der Waals surface area contributed by atoms with Gasteiger partial charge in [-0.1, -0.05) is 0 Å². The van der Waals surface area contributed by atoms with Crippen LogP contribution in [-0.4, -0.2) is 45.5 Å². The van der Waals surface area contributed by atoms with E-state index in [1.807, 2.05) is 4.90 Å². The maximum absolute atomic E-state index is 12.7. The minimum absolute atomic E-state index is 0.0507. The zero-order valence-corrected chi connectivity index (χ0v) is 17.0. The van der Waals surface area contributed by atoms with Gasteiger partial charge in [0, 0.05) is 39.3 Å². The highest BCUT2D eigenvalue weighted by Gasteiger charge is 2.26. The Bertz CT molecular complexity index is 1190. The van der Waals surface area contributed by atoms with Crippen molar-refractivity contribution in [3.05, 3.63) is 60.3 Å². The highest BCUT2D eigenvalue weighted by Crippen LogP contribution is 2.29. The molecule has 2 heterocycles. The summed E-state index contributed by atoms with van der Waals surface area (Å²) in [5.74, 6) is -2.18. The Balaban J connectivity index is 1.88. The second-order valence-electron chi connectivity index (χ2n) is 7.12. The quantitative estimate of drug-likeness (QED) is 0.292. The fraction of sp³-hybridized carbons (Fsp3) is 0.368. The summed E-state index contributed by atoms with van der Waals surface area (Å²) in [5, 5.41) is 11.1. The number of ether oxygens (including phenoxy) is 1. The molecule has 1 aromatic carbocycles. The van der Waals surface area contributed by atoms with Crippen LogP contribution < -0.4 is 21.9 Å². The second kappa shape index (κ2) is 8.42. The maximum Gasteiger partial charge on any atom is 0.340 e. The van der Waals surface area contributed by atoms with Crippen molar-refractivity contribution in [1.82, 2.24) is 9.13 Å². The van der Waals surface area contributed by atoms with Gasteiger partial charge in [-0.15, -0.1) is 0 Å². The van der Waals surface area contributed by atoms with Crippen LogP contribution in [0.3, 0.4) is 0 Å². The molecule has 0 radical (unpaired) electrons. The first-order chi connectivity index (χ1) is 14.6. The molecule has 12 heteroatoms. The van der Waals surface area contributed by atoms with E-state index in [1.165, 1.54) is 26.2 Å². The van der Waals surface area contributed by atoms with Crippen LogP contribution in [0.2, 0.25) is 0 Å². The van der Waals surface area contributed by atoms with Crippen molar-refractivity contribution >= 4 is 28.9 Å². The molecule has 1 fully saturated rings. The van der Waals surface area contributed by atoms with Crippen LogP contribution in [0.1, 0.15) is 33.6 Å². The van der Waals surface area contributed by atoms with Gasteiger partial charge in [-0.2, -0.15) is 0 Å². The molecular formula is C19H21N5O7. The van der Waals surface area contributed by atoms with Gasteiger partial charge in [0.1, 0.15) is 11.4 Å². The van der Waals surface area contributed by atoms with Crippen molar-refractivity contribution in [3.63, 3.8) is 0 Å². The average molecular weight is 431 g/mol. The van der Waals surface area contributed by atoms with Crippen molar-refractivity contribution < 1.29 is 19.2 Å². The van der Waals surface area contributed by atoms with E-state index in [0.717, 1.165) is 28.0 Å². The lowest BCUT2D eigenvalue weighted by Gasteiger charge is -2.20. The molecular weight excluding hydrogens is 410 g/mol. The molecule has 0 bridgehead atoms.